The molecular weight excluding hydrogens is 356 g/mol. The Kier molecular flexibility index (Phi) is 3.52. The third-order valence-electron chi connectivity index (χ3n) is 4.86. The number of aromatic hydroxyl groups is 1. The summed E-state index contributed by atoms with van der Waals surface area (Å²) >= 11 is 0. The van der Waals surface area contributed by atoms with Crippen LogP contribution in [0.4, 0.5) is 5.82 Å². The zero-order valence-corrected chi connectivity index (χ0v) is 14.6. The summed E-state index contributed by atoms with van der Waals surface area (Å²) in [4.78, 5) is 32.3. The van der Waals surface area contributed by atoms with E-state index in [2.05, 4.69) is 4.98 Å². The topological polar surface area (TPSA) is 83.6 Å². The Hall–Kier alpha value is -3.93. The maximum absolute atomic E-state index is 13.3. The zero-order valence-electron chi connectivity index (χ0n) is 14.6. The van der Waals surface area contributed by atoms with Crippen molar-refractivity contribution in [3.63, 3.8) is 0 Å². The number of phenols is 1. The van der Waals surface area contributed by atoms with Crippen molar-refractivity contribution in [2.45, 2.75) is 6.04 Å². The van der Waals surface area contributed by atoms with E-state index in [-0.39, 0.29) is 22.5 Å². The van der Waals surface area contributed by atoms with Crippen molar-refractivity contribution in [3.05, 3.63) is 100 Å². The maximum atomic E-state index is 13.3. The predicted octanol–water partition coefficient (Wildman–Crippen LogP) is 3.64. The van der Waals surface area contributed by atoms with Crippen molar-refractivity contribution in [2.24, 2.45) is 0 Å². The summed E-state index contributed by atoms with van der Waals surface area (Å²) in [6.07, 6.45) is 1.58. The molecule has 6 nitrogen and oxygen atoms in total. The van der Waals surface area contributed by atoms with Gasteiger partial charge in [0.15, 0.2) is 5.43 Å². The van der Waals surface area contributed by atoms with Crippen LogP contribution in [-0.4, -0.2) is 16.0 Å². The van der Waals surface area contributed by atoms with Gasteiger partial charge in [-0.15, -0.1) is 0 Å². The molecular formula is C22H14N2O4. The van der Waals surface area contributed by atoms with Gasteiger partial charge >= 0.3 is 0 Å². The van der Waals surface area contributed by atoms with Crippen LogP contribution >= 0.6 is 0 Å². The Bertz CT molecular complexity index is 1280. The first kappa shape index (κ1) is 16.3. The Labute approximate surface area is 159 Å². The predicted molar refractivity (Wildman–Crippen MR) is 103 cm³/mol. The number of hydrogen-bond donors (Lipinski definition) is 1. The molecule has 2 aromatic carbocycles. The minimum absolute atomic E-state index is 0.00250. The van der Waals surface area contributed by atoms with Crippen LogP contribution in [0.1, 0.15) is 27.7 Å². The Morgan fingerprint density at radius 1 is 0.964 bits per heavy atom. The number of para-hydroxylation sites is 1. The highest BCUT2D eigenvalue weighted by atomic mass is 16.3. The number of benzene rings is 2. The summed E-state index contributed by atoms with van der Waals surface area (Å²) < 4.78 is 5.85. The second kappa shape index (κ2) is 6.06. The number of pyridine rings is 1. The quantitative estimate of drug-likeness (QED) is 0.582. The third-order valence-corrected chi connectivity index (χ3v) is 4.86. The lowest BCUT2D eigenvalue weighted by Gasteiger charge is -2.24. The number of nitrogens with zero attached hydrogens (tertiary/aromatic N) is 2. The Balaban J connectivity index is 1.84. The fourth-order valence-corrected chi connectivity index (χ4v) is 3.66. The maximum Gasteiger partial charge on any atom is 0.296 e. The fraction of sp³-hybridized carbons (Fsp3) is 0.0455. The fourth-order valence-electron chi connectivity index (χ4n) is 3.66. The van der Waals surface area contributed by atoms with Crippen LogP contribution in [0.3, 0.4) is 0 Å². The zero-order chi connectivity index (χ0) is 19.3. The highest BCUT2D eigenvalue weighted by Gasteiger charge is 2.44. The van der Waals surface area contributed by atoms with Crippen LogP contribution in [0, 0.1) is 0 Å². The number of fused-ring (bicyclic) bond motifs is 2. The molecule has 1 aliphatic rings. The SMILES string of the molecule is O=C1c2oc3ccccc3c(=O)c2[C@@H](c2cccc(O)c2)N1c1ccccn1. The molecule has 1 N–H and O–H groups in total. The van der Waals surface area contributed by atoms with Gasteiger partial charge in [0.25, 0.3) is 5.91 Å². The molecule has 3 heterocycles. The third kappa shape index (κ3) is 2.31. The molecule has 4 aromatic rings. The van der Waals surface area contributed by atoms with E-state index in [1.165, 1.54) is 17.0 Å². The summed E-state index contributed by atoms with van der Waals surface area (Å²) in [6, 6.07) is 17.8. The lowest BCUT2D eigenvalue weighted by atomic mass is 9.98. The highest BCUT2D eigenvalue weighted by molar-refractivity contribution is 6.10. The monoisotopic (exact) mass is 370 g/mol. The van der Waals surface area contributed by atoms with Crippen molar-refractivity contribution in [1.82, 2.24) is 4.98 Å². The number of carbonyl (C=O) groups excluding carboxylic acids is 1. The number of aromatic nitrogens is 1. The summed E-state index contributed by atoms with van der Waals surface area (Å²) in [5.41, 5.74) is 0.939. The number of amides is 1. The largest absolute Gasteiger partial charge is 0.508 e. The van der Waals surface area contributed by atoms with E-state index in [9.17, 15) is 14.7 Å². The van der Waals surface area contributed by atoms with E-state index >= 15 is 0 Å². The molecule has 5 rings (SSSR count). The van der Waals surface area contributed by atoms with E-state index < -0.39 is 11.9 Å². The highest BCUT2D eigenvalue weighted by Crippen LogP contribution is 2.40. The van der Waals surface area contributed by atoms with Crippen molar-refractivity contribution in [2.75, 3.05) is 4.90 Å². The molecule has 0 bridgehead atoms. The molecule has 2 aromatic heterocycles. The van der Waals surface area contributed by atoms with Crippen LogP contribution in [0.25, 0.3) is 11.0 Å². The Morgan fingerprint density at radius 3 is 2.57 bits per heavy atom. The van der Waals surface area contributed by atoms with E-state index in [0.717, 1.165) is 0 Å². The van der Waals surface area contributed by atoms with Crippen LogP contribution in [0.2, 0.25) is 0 Å². The van der Waals surface area contributed by atoms with E-state index in [0.29, 0.717) is 22.4 Å². The number of rotatable bonds is 2. The summed E-state index contributed by atoms with van der Waals surface area (Å²) in [7, 11) is 0. The molecule has 1 aliphatic heterocycles. The number of hydrogen-bond acceptors (Lipinski definition) is 5. The molecule has 0 saturated heterocycles. The number of phenolic OH excluding ortho intramolecular Hbond substituents is 1. The second-order valence-electron chi connectivity index (χ2n) is 6.53. The van der Waals surface area contributed by atoms with Gasteiger partial charge in [-0.05, 0) is 42.0 Å². The molecule has 0 spiro atoms. The minimum Gasteiger partial charge on any atom is -0.508 e. The molecule has 1 atom stereocenters. The molecule has 0 radical (unpaired) electrons. The number of carbonyl (C=O) groups is 1. The lowest BCUT2D eigenvalue weighted by Crippen LogP contribution is -2.30. The first-order valence-electron chi connectivity index (χ1n) is 8.74. The first-order valence-corrected chi connectivity index (χ1v) is 8.74. The summed E-state index contributed by atoms with van der Waals surface area (Å²) in [6.45, 7) is 0. The van der Waals surface area contributed by atoms with Crippen LogP contribution in [0.5, 0.6) is 5.75 Å². The smallest absolute Gasteiger partial charge is 0.296 e. The van der Waals surface area contributed by atoms with Gasteiger partial charge in [0, 0.05) is 6.20 Å². The molecule has 0 aliphatic carbocycles. The molecule has 28 heavy (non-hydrogen) atoms. The van der Waals surface area contributed by atoms with Crippen molar-refractivity contribution >= 4 is 22.7 Å². The molecule has 136 valence electrons. The molecule has 1 amide bonds. The first-order chi connectivity index (χ1) is 13.6. The van der Waals surface area contributed by atoms with E-state index in [1.807, 2.05) is 0 Å². The molecule has 6 heteroatoms. The van der Waals surface area contributed by atoms with Gasteiger partial charge in [0.1, 0.15) is 17.2 Å². The van der Waals surface area contributed by atoms with Crippen LogP contribution in [-0.2, 0) is 0 Å². The van der Waals surface area contributed by atoms with Crippen molar-refractivity contribution in [3.8, 4) is 5.75 Å². The van der Waals surface area contributed by atoms with Crippen LogP contribution in [0.15, 0.2) is 82.1 Å². The van der Waals surface area contributed by atoms with Gasteiger partial charge in [-0.25, -0.2) is 4.98 Å². The van der Waals surface area contributed by atoms with Gasteiger partial charge in [0.2, 0.25) is 5.76 Å². The van der Waals surface area contributed by atoms with Crippen molar-refractivity contribution < 1.29 is 14.3 Å². The number of anilines is 1. The lowest BCUT2D eigenvalue weighted by molar-refractivity contribution is 0.0970. The average molecular weight is 370 g/mol. The molecule has 0 saturated carbocycles. The van der Waals surface area contributed by atoms with Crippen molar-refractivity contribution in [1.29, 1.82) is 0 Å². The van der Waals surface area contributed by atoms with E-state index in [1.54, 1.807) is 60.8 Å². The second-order valence-corrected chi connectivity index (χ2v) is 6.53. The summed E-state index contributed by atoms with van der Waals surface area (Å²) in [5, 5.41) is 10.4. The average Bonchev–Trinajstić information content (AvgIpc) is 3.02. The summed E-state index contributed by atoms with van der Waals surface area (Å²) in [5.74, 6) is 0.00726. The van der Waals surface area contributed by atoms with Gasteiger partial charge < -0.3 is 9.52 Å². The van der Waals surface area contributed by atoms with Crippen LogP contribution < -0.4 is 10.3 Å². The van der Waals surface area contributed by atoms with Gasteiger partial charge in [-0.3, -0.25) is 14.5 Å². The van der Waals surface area contributed by atoms with Gasteiger partial charge in [-0.2, -0.15) is 0 Å². The van der Waals surface area contributed by atoms with Gasteiger partial charge in [-0.1, -0.05) is 30.3 Å². The normalized spacial score (nSPS) is 15.8. The van der Waals surface area contributed by atoms with Gasteiger partial charge in [0.05, 0.1) is 17.0 Å². The molecule has 0 unspecified atom stereocenters. The van der Waals surface area contributed by atoms with E-state index in [4.69, 9.17) is 4.42 Å². The molecule has 0 fully saturated rings. The minimum atomic E-state index is -0.745. The Morgan fingerprint density at radius 2 is 1.79 bits per heavy atom. The standard InChI is InChI=1S/C22H14N2O4/c25-14-7-5-6-13(12-14)19-18-20(26)15-8-1-2-9-16(15)28-21(18)22(27)24(19)17-10-3-4-11-23-17/h1-12,19,25H/t19-/m1/s1.